The quantitative estimate of drug-likeness (QED) is 0.276. The molecule has 4 rings (SSSR count). The van der Waals surface area contributed by atoms with Crippen LogP contribution in [0.2, 0.25) is 0 Å². The average Bonchev–Trinajstić information content (AvgIpc) is 2.92. The zero-order chi connectivity index (χ0) is 28.5. The van der Waals surface area contributed by atoms with E-state index >= 15 is 0 Å². The lowest BCUT2D eigenvalue weighted by Gasteiger charge is -2.30. The number of nitrogens with zero attached hydrogens (tertiary/aromatic N) is 2. The molecule has 0 bridgehead atoms. The fourth-order valence-corrected chi connectivity index (χ4v) is 4.63. The number of carbonyl (C=O) groups excluding carboxylic acids is 1. The van der Waals surface area contributed by atoms with Crippen LogP contribution >= 0.6 is 0 Å². The Morgan fingerprint density at radius 3 is 2.41 bits per heavy atom. The molecule has 1 aliphatic carbocycles. The number of urea groups is 1. The van der Waals surface area contributed by atoms with Crippen LogP contribution in [0, 0.1) is 11.7 Å². The number of halogens is 1. The molecule has 7 heteroatoms. The van der Waals surface area contributed by atoms with Gasteiger partial charge in [-0.2, -0.15) is 0 Å². The van der Waals surface area contributed by atoms with E-state index < -0.39 is 6.03 Å². The maximum atomic E-state index is 12.9. The van der Waals surface area contributed by atoms with E-state index in [2.05, 4.69) is 59.5 Å². The van der Waals surface area contributed by atoms with Crippen LogP contribution in [0.5, 0.6) is 5.75 Å². The molecule has 0 aromatic heterocycles. The Bertz CT molecular complexity index is 984. The molecule has 1 saturated carbocycles. The molecule has 2 aromatic rings. The van der Waals surface area contributed by atoms with Crippen LogP contribution in [0.15, 0.2) is 53.5 Å². The molecule has 2 N–H and O–H groups in total. The van der Waals surface area contributed by atoms with Crippen molar-refractivity contribution in [2.24, 2.45) is 10.9 Å². The second kappa shape index (κ2) is 18.4. The summed E-state index contributed by atoms with van der Waals surface area (Å²) in [4.78, 5) is 18.4. The molecule has 1 aliphatic heterocycles. The predicted octanol–water partition coefficient (Wildman–Crippen LogP) is 8.04. The first kappa shape index (κ1) is 32.3. The fraction of sp³-hybridized carbons (Fsp3) is 0.562. The Labute approximate surface area is 235 Å². The van der Waals surface area contributed by atoms with Gasteiger partial charge in [-0.3, -0.25) is 15.2 Å². The molecule has 0 spiro atoms. The zero-order valence-corrected chi connectivity index (χ0v) is 24.6. The summed E-state index contributed by atoms with van der Waals surface area (Å²) >= 11 is 0. The third-order valence-electron chi connectivity index (χ3n) is 6.69. The number of aliphatic imine (C=N–C) groups is 1. The molecule has 6 nitrogen and oxygen atoms in total. The van der Waals surface area contributed by atoms with Crippen LogP contribution in [0.25, 0.3) is 0 Å². The van der Waals surface area contributed by atoms with Gasteiger partial charge in [0.05, 0.1) is 18.5 Å². The van der Waals surface area contributed by atoms with E-state index in [-0.39, 0.29) is 11.9 Å². The summed E-state index contributed by atoms with van der Waals surface area (Å²) in [7, 11) is 0. The maximum absolute atomic E-state index is 12.9. The lowest BCUT2D eigenvalue weighted by atomic mass is 9.96. The first-order valence-corrected chi connectivity index (χ1v) is 14.7. The van der Waals surface area contributed by atoms with E-state index in [1.807, 2.05) is 19.9 Å². The van der Waals surface area contributed by atoms with Gasteiger partial charge in [-0.15, -0.1) is 0 Å². The smallest absolute Gasteiger partial charge is 0.324 e. The summed E-state index contributed by atoms with van der Waals surface area (Å²) < 4.78 is 18.7. The lowest BCUT2D eigenvalue weighted by molar-refractivity contribution is 0.184. The maximum Gasteiger partial charge on any atom is 0.324 e. The average molecular weight is 541 g/mol. The van der Waals surface area contributed by atoms with Crippen LogP contribution in [-0.2, 0) is 6.54 Å². The van der Waals surface area contributed by atoms with E-state index in [1.54, 1.807) is 12.1 Å². The molecule has 2 aromatic carbocycles. The van der Waals surface area contributed by atoms with Crippen molar-refractivity contribution in [2.45, 2.75) is 98.3 Å². The summed E-state index contributed by atoms with van der Waals surface area (Å²) in [5, 5.41) is 5.07. The number of rotatable bonds is 7. The van der Waals surface area contributed by atoms with Crippen molar-refractivity contribution in [3.63, 3.8) is 0 Å². The number of piperidine rings is 1. The number of ether oxygens (including phenoxy) is 1. The molecule has 1 heterocycles. The van der Waals surface area contributed by atoms with Crippen LogP contribution in [0.1, 0.15) is 85.1 Å². The van der Waals surface area contributed by atoms with Crippen molar-refractivity contribution < 1.29 is 13.9 Å². The van der Waals surface area contributed by atoms with Crippen molar-refractivity contribution in [1.82, 2.24) is 10.2 Å². The van der Waals surface area contributed by atoms with Crippen molar-refractivity contribution in [1.29, 1.82) is 0 Å². The van der Waals surface area contributed by atoms with Gasteiger partial charge in [0.2, 0.25) is 0 Å². The number of likely N-dealkylation sites (tertiary alicyclic amines) is 1. The molecule has 1 saturated heterocycles. The Kier molecular flexibility index (Phi) is 15.2. The van der Waals surface area contributed by atoms with Gasteiger partial charge in [0.25, 0.3) is 0 Å². The van der Waals surface area contributed by atoms with E-state index in [0.29, 0.717) is 11.7 Å². The van der Waals surface area contributed by atoms with E-state index in [9.17, 15) is 9.18 Å². The number of hydrogen-bond donors (Lipinski definition) is 2. The largest absolute Gasteiger partial charge is 0.491 e. The van der Waals surface area contributed by atoms with Crippen molar-refractivity contribution in [2.75, 3.05) is 18.4 Å². The third kappa shape index (κ3) is 13.6. The molecule has 0 atom stereocenters. The normalized spacial score (nSPS) is 16.6. The second-order valence-electron chi connectivity index (χ2n) is 10.5. The second-order valence-corrected chi connectivity index (χ2v) is 10.5. The van der Waals surface area contributed by atoms with Crippen LogP contribution in [0.3, 0.4) is 0 Å². The van der Waals surface area contributed by atoms with Gasteiger partial charge in [0.15, 0.2) is 0 Å². The molecule has 0 unspecified atom stereocenters. The van der Waals surface area contributed by atoms with Gasteiger partial charge in [-0.25, -0.2) is 9.18 Å². The number of benzene rings is 2. The third-order valence-corrected chi connectivity index (χ3v) is 6.69. The monoisotopic (exact) mass is 540 g/mol. The predicted molar refractivity (Wildman–Crippen MR) is 161 cm³/mol. The lowest BCUT2D eigenvalue weighted by Crippen LogP contribution is -2.32. The Balaban J connectivity index is 0.000000258. The highest BCUT2D eigenvalue weighted by molar-refractivity contribution is 5.96. The van der Waals surface area contributed by atoms with Gasteiger partial charge in [0, 0.05) is 12.2 Å². The van der Waals surface area contributed by atoms with Crippen LogP contribution in [-0.4, -0.2) is 42.5 Å². The van der Waals surface area contributed by atoms with Crippen molar-refractivity contribution in [3.8, 4) is 5.75 Å². The molecule has 39 heavy (non-hydrogen) atoms. The molecule has 2 amide bonds. The summed E-state index contributed by atoms with van der Waals surface area (Å²) in [5.41, 5.74) is 1.78. The number of amides is 2. The van der Waals surface area contributed by atoms with E-state index in [4.69, 9.17) is 4.74 Å². The molecule has 2 aliphatic rings. The SMILES string of the molecule is CC.CC1CCN(Cc2cccc(OC(C)C)c2)CC1.O=C(NC=NC1CCCCC1)Nc1cccc(F)c1. The summed E-state index contributed by atoms with van der Waals surface area (Å²) in [6.07, 6.45) is 10.2. The Morgan fingerprint density at radius 1 is 1.05 bits per heavy atom. The van der Waals surface area contributed by atoms with Gasteiger partial charge < -0.3 is 10.1 Å². The molecule has 2 fully saturated rings. The fourth-order valence-electron chi connectivity index (χ4n) is 4.63. The molecular formula is C32H49FN4O2. The first-order chi connectivity index (χ1) is 18.9. The molecular weight excluding hydrogens is 491 g/mol. The highest BCUT2D eigenvalue weighted by atomic mass is 19.1. The highest BCUT2D eigenvalue weighted by Crippen LogP contribution is 2.21. The highest BCUT2D eigenvalue weighted by Gasteiger charge is 2.16. The number of nitrogens with one attached hydrogen (secondary N) is 2. The van der Waals surface area contributed by atoms with Gasteiger partial charge >= 0.3 is 6.03 Å². The minimum Gasteiger partial charge on any atom is -0.491 e. The Hall–Kier alpha value is -2.93. The van der Waals surface area contributed by atoms with Crippen molar-refractivity contribution in [3.05, 3.63) is 59.9 Å². The van der Waals surface area contributed by atoms with Gasteiger partial charge in [0.1, 0.15) is 11.6 Å². The number of anilines is 1. The standard InChI is InChI=1S/C16H25NO.C14H18FN3O.C2H6/c1-13(2)18-16-6-4-5-15(11-16)12-17-9-7-14(3)8-10-17;15-11-5-4-8-13(9-11)18-14(19)17-10-16-12-6-2-1-3-7-12;1-2/h4-6,11,13-14H,7-10,12H2,1-3H3;4-5,8-10,12H,1-3,6-7H2,(H2,16,17,18,19);1-2H3. The number of carbonyl (C=O) groups is 1. The first-order valence-electron chi connectivity index (χ1n) is 14.7. The summed E-state index contributed by atoms with van der Waals surface area (Å²) in [6, 6.07) is 14.2. The molecule has 216 valence electrons. The van der Waals surface area contributed by atoms with E-state index in [1.165, 1.54) is 69.2 Å². The van der Waals surface area contributed by atoms with Gasteiger partial charge in [-0.05, 0) is 94.4 Å². The topological polar surface area (TPSA) is 66.0 Å². The Morgan fingerprint density at radius 2 is 1.74 bits per heavy atom. The number of hydrogen-bond acceptors (Lipinski definition) is 4. The summed E-state index contributed by atoms with van der Waals surface area (Å²) in [5.74, 6) is 1.51. The van der Waals surface area contributed by atoms with E-state index in [0.717, 1.165) is 31.1 Å². The van der Waals surface area contributed by atoms with Crippen LogP contribution < -0.4 is 15.4 Å². The van der Waals surface area contributed by atoms with Gasteiger partial charge in [-0.1, -0.05) is 58.2 Å². The molecule has 0 radical (unpaired) electrons. The minimum absolute atomic E-state index is 0.246. The van der Waals surface area contributed by atoms with Crippen molar-refractivity contribution >= 4 is 18.1 Å². The zero-order valence-electron chi connectivity index (χ0n) is 24.6. The summed E-state index contributed by atoms with van der Waals surface area (Å²) in [6.45, 7) is 14.0. The minimum atomic E-state index is -0.412. The van der Waals surface area contributed by atoms with Crippen LogP contribution in [0.4, 0.5) is 14.9 Å².